The van der Waals surface area contributed by atoms with Crippen LogP contribution >= 0.6 is 0 Å². The second kappa shape index (κ2) is 8.43. The molecule has 0 aliphatic carbocycles. The number of aromatic nitrogens is 4. The van der Waals surface area contributed by atoms with Crippen LogP contribution in [0.3, 0.4) is 0 Å². The lowest BCUT2D eigenvalue weighted by molar-refractivity contribution is 0.302. The summed E-state index contributed by atoms with van der Waals surface area (Å²) in [6, 6.07) is 10.4. The molecule has 1 aliphatic heterocycles. The summed E-state index contributed by atoms with van der Waals surface area (Å²) in [7, 11) is 0. The van der Waals surface area contributed by atoms with Gasteiger partial charge >= 0.3 is 0 Å². The number of hydrogen-bond acceptors (Lipinski definition) is 5. The van der Waals surface area contributed by atoms with E-state index in [-0.39, 0.29) is 5.82 Å². The van der Waals surface area contributed by atoms with Gasteiger partial charge in [0, 0.05) is 55.5 Å². The molecule has 0 spiro atoms. The van der Waals surface area contributed by atoms with Gasteiger partial charge < -0.3 is 9.80 Å². The molecule has 0 atom stereocenters. The van der Waals surface area contributed by atoms with Crippen molar-refractivity contribution in [3.05, 3.63) is 72.6 Å². The van der Waals surface area contributed by atoms with Crippen LogP contribution in [0.4, 0.5) is 10.3 Å². The molecule has 3 aromatic rings. The van der Waals surface area contributed by atoms with Gasteiger partial charge in [0.05, 0.1) is 12.2 Å². The van der Waals surface area contributed by atoms with Gasteiger partial charge in [0.15, 0.2) is 0 Å². The Morgan fingerprint density at radius 1 is 1.07 bits per heavy atom. The summed E-state index contributed by atoms with van der Waals surface area (Å²) >= 11 is 0. The standard InChI is InChI=1S/C22H25FN6/c1-3-20-15-21(18-5-7-19(23)8-6-18)26-29(20)16-17(2)27-11-13-28(14-12-27)22-24-9-4-10-25-22/h4-10,15H,2-3,11-14,16H2,1H3. The van der Waals surface area contributed by atoms with Crippen LogP contribution in [0.1, 0.15) is 12.6 Å². The second-order valence-corrected chi connectivity index (χ2v) is 7.13. The van der Waals surface area contributed by atoms with E-state index < -0.39 is 0 Å². The van der Waals surface area contributed by atoms with Crippen molar-refractivity contribution in [3.8, 4) is 11.3 Å². The predicted molar refractivity (Wildman–Crippen MR) is 112 cm³/mol. The summed E-state index contributed by atoms with van der Waals surface area (Å²) in [5.41, 5.74) is 3.96. The smallest absolute Gasteiger partial charge is 0.225 e. The van der Waals surface area contributed by atoms with E-state index >= 15 is 0 Å². The average molecular weight is 392 g/mol. The van der Waals surface area contributed by atoms with Gasteiger partial charge in [0.25, 0.3) is 0 Å². The highest BCUT2D eigenvalue weighted by molar-refractivity contribution is 5.59. The SMILES string of the molecule is C=C(Cn1nc(-c2ccc(F)cc2)cc1CC)N1CCN(c2ncccn2)CC1. The number of nitrogens with zero attached hydrogens (tertiary/aromatic N) is 6. The van der Waals surface area contributed by atoms with Crippen molar-refractivity contribution in [2.45, 2.75) is 19.9 Å². The Morgan fingerprint density at radius 2 is 1.76 bits per heavy atom. The molecule has 3 heterocycles. The molecule has 0 amide bonds. The van der Waals surface area contributed by atoms with E-state index in [0.29, 0.717) is 6.54 Å². The van der Waals surface area contributed by atoms with E-state index in [4.69, 9.17) is 5.10 Å². The fourth-order valence-corrected chi connectivity index (χ4v) is 3.59. The Bertz CT molecular complexity index is 959. The highest BCUT2D eigenvalue weighted by Gasteiger charge is 2.20. The Labute approximate surface area is 170 Å². The second-order valence-electron chi connectivity index (χ2n) is 7.13. The van der Waals surface area contributed by atoms with Gasteiger partial charge in [0.2, 0.25) is 5.95 Å². The van der Waals surface area contributed by atoms with Crippen LogP contribution in [0, 0.1) is 5.82 Å². The predicted octanol–water partition coefficient (Wildman–Crippen LogP) is 3.38. The van der Waals surface area contributed by atoms with E-state index in [2.05, 4.69) is 39.3 Å². The first-order chi connectivity index (χ1) is 14.1. The first-order valence-corrected chi connectivity index (χ1v) is 9.91. The molecule has 4 rings (SSSR count). The first kappa shape index (κ1) is 19.1. The molecule has 0 N–H and O–H groups in total. The van der Waals surface area contributed by atoms with Crippen molar-refractivity contribution in [2.75, 3.05) is 31.1 Å². The number of halogens is 1. The van der Waals surface area contributed by atoms with E-state index in [9.17, 15) is 4.39 Å². The Morgan fingerprint density at radius 3 is 2.41 bits per heavy atom. The number of benzene rings is 1. The van der Waals surface area contributed by atoms with Crippen LogP contribution in [-0.4, -0.2) is 50.8 Å². The van der Waals surface area contributed by atoms with Gasteiger partial charge in [-0.25, -0.2) is 14.4 Å². The summed E-state index contributed by atoms with van der Waals surface area (Å²) in [6.07, 6.45) is 4.42. The van der Waals surface area contributed by atoms with Crippen molar-refractivity contribution in [1.82, 2.24) is 24.6 Å². The number of allylic oxidation sites excluding steroid dienone is 1. The molecule has 1 aliphatic rings. The minimum atomic E-state index is -0.239. The van der Waals surface area contributed by atoms with Gasteiger partial charge in [-0.05, 0) is 42.8 Å². The highest BCUT2D eigenvalue weighted by Crippen LogP contribution is 2.21. The van der Waals surface area contributed by atoms with Crippen LogP contribution in [0.5, 0.6) is 0 Å². The minimum Gasteiger partial charge on any atom is -0.370 e. The summed E-state index contributed by atoms with van der Waals surface area (Å²) in [4.78, 5) is 13.2. The average Bonchev–Trinajstić information content (AvgIpc) is 3.17. The molecular weight excluding hydrogens is 367 g/mol. The van der Waals surface area contributed by atoms with Crippen molar-refractivity contribution < 1.29 is 4.39 Å². The van der Waals surface area contributed by atoms with E-state index in [0.717, 1.165) is 61.2 Å². The zero-order valence-corrected chi connectivity index (χ0v) is 16.6. The molecule has 0 unspecified atom stereocenters. The fourth-order valence-electron chi connectivity index (χ4n) is 3.59. The number of hydrogen-bond donors (Lipinski definition) is 0. The van der Waals surface area contributed by atoms with Gasteiger partial charge in [-0.15, -0.1) is 0 Å². The monoisotopic (exact) mass is 392 g/mol. The Hall–Kier alpha value is -3.22. The lowest BCUT2D eigenvalue weighted by Gasteiger charge is -2.37. The van der Waals surface area contributed by atoms with Crippen LogP contribution in [0.15, 0.2) is 61.1 Å². The maximum Gasteiger partial charge on any atom is 0.225 e. The van der Waals surface area contributed by atoms with Crippen LogP contribution in [0.25, 0.3) is 11.3 Å². The molecule has 29 heavy (non-hydrogen) atoms. The maximum absolute atomic E-state index is 13.2. The van der Waals surface area contributed by atoms with Crippen molar-refractivity contribution in [2.24, 2.45) is 0 Å². The number of aryl methyl sites for hydroxylation is 1. The summed E-state index contributed by atoms with van der Waals surface area (Å²) in [5.74, 6) is 0.541. The molecule has 7 heteroatoms. The lowest BCUT2D eigenvalue weighted by Crippen LogP contribution is -2.46. The summed E-state index contributed by atoms with van der Waals surface area (Å²) in [5, 5.41) is 4.75. The highest BCUT2D eigenvalue weighted by atomic mass is 19.1. The van der Waals surface area contributed by atoms with Gasteiger partial charge in [-0.1, -0.05) is 13.5 Å². The van der Waals surface area contributed by atoms with Gasteiger partial charge in [-0.3, -0.25) is 4.68 Å². The molecule has 1 fully saturated rings. The number of anilines is 1. The summed E-state index contributed by atoms with van der Waals surface area (Å²) in [6.45, 7) is 10.6. The maximum atomic E-state index is 13.2. The topological polar surface area (TPSA) is 50.1 Å². The molecule has 6 nitrogen and oxygen atoms in total. The molecule has 2 aromatic heterocycles. The Balaban J connectivity index is 1.41. The normalized spacial score (nSPS) is 14.3. The zero-order chi connectivity index (χ0) is 20.2. The Kier molecular flexibility index (Phi) is 5.55. The molecular formula is C22H25FN6. The van der Waals surface area contributed by atoms with Crippen molar-refractivity contribution >= 4 is 5.95 Å². The fraction of sp³-hybridized carbons (Fsp3) is 0.318. The first-order valence-electron chi connectivity index (χ1n) is 9.91. The van der Waals surface area contributed by atoms with Crippen LogP contribution < -0.4 is 4.90 Å². The van der Waals surface area contributed by atoms with Crippen molar-refractivity contribution in [3.63, 3.8) is 0 Å². The zero-order valence-electron chi connectivity index (χ0n) is 16.6. The molecule has 1 aromatic carbocycles. The van der Waals surface area contributed by atoms with E-state index in [1.54, 1.807) is 24.5 Å². The van der Waals surface area contributed by atoms with Gasteiger partial charge in [-0.2, -0.15) is 5.10 Å². The molecule has 0 radical (unpaired) electrons. The largest absolute Gasteiger partial charge is 0.370 e. The van der Waals surface area contributed by atoms with Crippen LogP contribution in [-0.2, 0) is 13.0 Å². The molecule has 1 saturated heterocycles. The van der Waals surface area contributed by atoms with E-state index in [1.807, 2.05) is 10.7 Å². The van der Waals surface area contributed by atoms with Gasteiger partial charge in [0.1, 0.15) is 5.82 Å². The lowest BCUT2D eigenvalue weighted by atomic mass is 10.1. The third-order valence-corrected chi connectivity index (χ3v) is 5.26. The van der Waals surface area contributed by atoms with Crippen molar-refractivity contribution in [1.29, 1.82) is 0 Å². The summed E-state index contributed by atoms with van der Waals surface area (Å²) < 4.78 is 15.2. The quantitative estimate of drug-likeness (QED) is 0.644. The third-order valence-electron chi connectivity index (χ3n) is 5.26. The molecule has 0 bridgehead atoms. The van der Waals surface area contributed by atoms with E-state index in [1.165, 1.54) is 12.1 Å². The van der Waals surface area contributed by atoms with Crippen LogP contribution in [0.2, 0.25) is 0 Å². The number of piperazine rings is 1. The number of rotatable bonds is 6. The molecule has 0 saturated carbocycles. The minimum absolute atomic E-state index is 0.239. The molecule has 150 valence electrons. The third kappa shape index (κ3) is 4.29.